The fourth-order valence-electron chi connectivity index (χ4n) is 5.49. The Hall–Kier alpha value is -1.36. The molecule has 5 nitrogen and oxygen atoms in total. The van der Waals surface area contributed by atoms with Crippen LogP contribution in [0.1, 0.15) is 89.9 Å². The molecule has 28 heavy (non-hydrogen) atoms. The molecule has 2 aliphatic carbocycles. The highest BCUT2D eigenvalue weighted by molar-refractivity contribution is 5.89. The van der Waals surface area contributed by atoms with Gasteiger partial charge in [0.05, 0.1) is 0 Å². The van der Waals surface area contributed by atoms with Crippen LogP contribution in [0.5, 0.6) is 0 Å². The van der Waals surface area contributed by atoms with Crippen molar-refractivity contribution in [2.24, 2.45) is 17.8 Å². The largest absolute Gasteiger partial charge is 0.478 e. The third-order valence-corrected chi connectivity index (χ3v) is 6.85. The lowest BCUT2D eigenvalue weighted by Gasteiger charge is -2.40. The molecule has 3 aliphatic rings. The molecule has 3 N–H and O–H groups in total. The molecule has 1 aliphatic heterocycles. The molecule has 160 valence electrons. The van der Waals surface area contributed by atoms with Gasteiger partial charge in [0.15, 0.2) is 0 Å². The highest BCUT2D eigenvalue weighted by Crippen LogP contribution is 2.42. The van der Waals surface area contributed by atoms with Crippen LogP contribution in [0.4, 0.5) is 0 Å². The maximum Gasteiger partial charge on any atom is 0.328 e. The van der Waals surface area contributed by atoms with Crippen molar-refractivity contribution in [1.29, 1.82) is 0 Å². The van der Waals surface area contributed by atoms with Crippen LogP contribution in [-0.4, -0.2) is 34.7 Å². The van der Waals surface area contributed by atoms with E-state index in [1.165, 1.54) is 70.8 Å². The van der Waals surface area contributed by atoms with Crippen LogP contribution < -0.4 is 5.32 Å². The highest BCUT2D eigenvalue weighted by atomic mass is 16.4. The molecule has 1 saturated heterocycles. The first-order valence-corrected chi connectivity index (χ1v) is 11.4. The quantitative estimate of drug-likeness (QED) is 0.552. The Morgan fingerprint density at radius 3 is 1.61 bits per heavy atom. The number of carbonyl (C=O) groups is 2. The van der Waals surface area contributed by atoms with Gasteiger partial charge in [-0.3, -0.25) is 0 Å². The minimum Gasteiger partial charge on any atom is -0.478 e. The SMILES string of the molecule is C1CCC(C(C[C@@H]2CCCCN2)C2CCCCC2)CC1.O=C(O)/C=C\C(=O)O. The number of carboxylic acid groups (broad SMARTS) is 2. The summed E-state index contributed by atoms with van der Waals surface area (Å²) in [5.41, 5.74) is 0. The maximum atomic E-state index is 9.55. The van der Waals surface area contributed by atoms with Gasteiger partial charge in [-0.25, -0.2) is 9.59 Å². The summed E-state index contributed by atoms with van der Waals surface area (Å²) in [4.78, 5) is 19.1. The van der Waals surface area contributed by atoms with E-state index in [1.807, 2.05) is 0 Å². The van der Waals surface area contributed by atoms with Crippen molar-refractivity contribution in [3.63, 3.8) is 0 Å². The number of hydrogen-bond donors (Lipinski definition) is 3. The number of piperidine rings is 1. The summed E-state index contributed by atoms with van der Waals surface area (Å²) in [6.45, 7) is 1.28. The van der Waals surface area contributed by atoms with Crippen LogP contribution in [0.15, 0.2) is 12.2 Å². The van der Waals surface area contributed by atoms with Gasteiger partial charge < -0.3 is 15.5 Å². The molecule has 5 heteroatoms. The van der Waals surface area contributed by atoms with Crippen LogP contribution in [0.3, 0.4) is 0 Å². The number of rotatable bonds is 6. The molecule has 0 aromatic heterocycles. The molecule has 0 radical (unpaired) electrons. The van der Waals surface area contributed by atoms with Crippen LogP contribution >= 0.6 is 0 Å². The van der Waals surface area contributed by atoms with E-state index in [9.17, 15) is 9.59 Å². The molecule has 0 aromatic carbocycles. The molecular weight excluding hydrogens is 354 g/mol. The summed E-state index contributed by atoms with van der Waals surface area (Å²) in [5.74, 6) is 0.706. The second-order valence-electron chi connectivity index (χ2n) is 8.85. The second kappa shape index (κ2) is 13.0. The molecule has 3 fully saturated rings. The zero-order chi connectivity index (χ0) is 20.2. The molecule has 1 atom stereocenters. The number of hydrogen-bond acceptors (Lipinski definition) is 3. The van der Waals surface area contributed by atoms with Crippen molar-refractivity contribution in [2.45, 2.75) is 95.9 Å². The number of carboxylic acids is 2. The molecule has 0 amide bonds. The Morgan fingerprint density at radius 1 is 0.750 bits per heavy atom. The number of nitrogens with one attached hydrogen (secondary N) is 1. The van der Waals surface area contributed by atoms with Crippen LogP contribution in [0.2, 0.25) is 0 Å². The minimum absolute atomic E-state index is 0.558. The standard InChI is InChI=1S/C19H35N.C4H4O4/c1-3-9-16(10-4-1)19(17-11-5-2-6-12-17)15-18-13-7-8-14-20-18;5-3(6)1-2-4(7)8/h16-20H,1-15H2;1-2H,(H,5,6)(H,7,8)/b;2-1-/t18-;/m0./s1. The van der Waals surface area contributed by atoms with Gasteiger partial charge in [-0.2, -0.15) is 0 Å². The van der Waals surface area contributed by atoms with Crippen LogP contribution in [0, 0.1) is 17.8 Å². The minimum atomic E-state index is -1.26. The van der Waals surface area contributed by atoms with Gasteiger partial charge in [0.1, 0.15) is 0 Å². The molecule has 3 rings (SSSR count). The van der Waals surface area contributed by atoms with Crippen molar-refractivity contribution in [3.05, 3.63) is 12.2 Å². The Kier molecular flexibility index (Phi) is 10.6. The molecule has 0 bridgehead atoms. The Bertz CT molecular complexity index is 453. The molecule has 0 spiro atoms. The molecule has 1 heterocycles. The fraction of sp³-hybridized carbons (Fsp3) is 0.826. The van der Waals surface area contributed by atoms with E-state index in [2.05, 4.69) is 5.32 Å². The first-order chi connectivity index (χ1) is 13.6. The predicted molar refractivity (Wildman–Crippen MR) is 111 cm³/mol. The van der Waals surface area contributed by atoms with Gasteiger partial charge in [-0.1, -0.05) is 70.6 Å². The average Bonchev–Trinajstić information content (AvgIpc) is 2.73. The van der Waals surface area contributed by atoms with Gasteiger partial charge in [0.2, 0.25) is 0 Å². The van der Waals surface area contributed by atoms with E-state index in [-0.39, 0.29) is 0 Å². The van der Waals surface area contributed by atoms with Gasteiger partial charge >= 0.3 is 11.9 Å². The smallest absolute Gasteiger partial charge is 0.328 e. The number of aliphatic carboxylic acids is 2. The lowest BCUT2D eigenvalue weighted by atomic mass is 9.67. The monoisotopic (exact) mass is 393 g/mol. The summed E-state index contributed by atoms with van der Waals surface area (Å²) in [5, 5.41) is 19.5. The molecule has 0 aromatic rings. The highest BCUT2D eigenvalue weighted by Gasteiger charge is 2.33. The van der Waals surface area contributed by atoms with Gasteiger partial charge in [-0.05, 0) is 43.6 Å². The van der Waals surface area contributed by atoms with E-state index in [4.69, 9.17) is 10.2 Å². The van der Waals surface area contributed by atoms with Crippen molar-refractivity contribution < 1.29 is 19.8 Å². The van der Waals surface area contributed by atoms with Crippen LogP contribution in [-0.2, 0) is 9.59 Å². The average molecular weight is 394 g/mol. The van der Waals surface area contributed by atoms with Crippen molar-refractivity contribution >= 4 is 11.9 Å². The first kappa shape index (κ1) is 22.9. The van der Waals surface area contributed by atoms with Crippen molar-refractivity contribution in [2.75, 3.05) is 6.54 Å². The Balaban J connectivity index is 0.000000300. The molecule has 2 saturated carbocycles. The van der Waals surface area contributed by atoms with Crippen molar-refractivity contribution in [1.82, 2.24) is 5.32 Å². The van der Waals surface area contributed by atoms with Crippen molar-refractivity contribution in [3.8, 4) is 0 Å². The summed E-state index contributed by atoms with van der Waals surface area (Å²) < 4.78 is 0. The van der Waals surface area contributed by atoms with E-state index in [1.54, 1.807) is 25.7 Å². The van der Waals surface area contributed by atoms with Crippen LogP contribution in [0.25, 0.3) is 0 Å². The summed E-state index contributed by atoms with van der Waals surface area (Å²) >= 11 is 0. The maximum absolute atomic E-state index is 9.55. The fourth-order valence-corrected chi connectivity index (χ4v) is 5.49. The zero-order valence-electron chi connectivity index (χ0n) is 17.3. The molecule has 0 unspecified atom stereocenters. The lowest BCUT2D eigenvalue weighted by Crippen LogP contribution is -2.39. The summed E-state index contributed by atoms with van der Waals surface area (Å²) in [6.07, 6.45) is 22.3. The van der Waals surface area contributed by atoms with E-state index < -0.39 is 11.9 Å². The van der Waals surface area contributed by atoms with Gasteiger partial charge in [0.25, 0.3) is 0 Å². The third-order valence-electron chi connectivity index (χ3n) is 6.85. The second-order valence-corrected chi connectivity index (χ2v) is 8.85. The lowest BCUT2D eigenvalue weighted by molar-refractivity contribution is -0.134. The normalized spacial score (nSPS) is 24.7. The topological polar surface area (TPSA) is 86.6 Å². The van der Waals surface area contributed by atoms with E-state index in [0.29, 0.717) is 12.2 Å². The third kappa shape index (κ3) is 8.76. The first-order valence-electron chi connectivity index (χ1n) is 11.4. The molecular formula is C23H39NO4. The summed E-state index contributed by atoms with van der Waals surface area (Å²) in [7, 11) is 0. The van der Waals surface area contributed by atoms with E-state index in [0.717, 1.165) is 23.8 Å². The predicted octanol–water partition coefficient (Wildman–Crippen LogP) is 5.01. The van der Waals surface area contributed by atoms with E-state index >= 15 is 0 Å². The summed E-state index contributed by atoms with van der Waals surface area (Å²) in [6, 6.07) is 0.859. The van der Waals surface area contributed by atoms with Gasteiger partial charge in [-0.15, -0.1) is 0 Å². The Labute approximate surface area is 170 Å². The van der Waals surface area contributed by atoms with Gasteiger partial charge in [0, 0.05) is 18.2 Å². The Morgan fingerprint density at radius 2 is 1.21 bits per heavy atom. The zero-order valence-corrected chi connectivity index (χ0v) is 17.3.